The molecule has 1 aromatic heterocycles. The fourth-order valence-corrected chi connectivity index (χ4v) is 3.55. The van der Waals surface area contributed by atoms with Crippen LogP contribution in [0.5, 0.6) is 0 Å². The standard InChI is InChI=1S/C14H15N3S/c1-2-4-12-9-17(8-7-10(12)3-1)14-16-15-13(18-14)11-5-6-11/h1-4,11H,5-9H2. The highest BCUT2D eigenvalue weighted by Crippen LogP contribution is 2.42. The molecular formula is C14H15N3S. The van der Waals surface area contributed by atoms with Gasteiger partial charge in [0.2, 0.25) is 5.13 Å². The van der Waals surface area contributed by atoms with Gasteiger partial charge in [-0.05, 0) is 30.4 Å². The van der Waals surface area contributed by atoms with Gasteiger partial charge in [0, 0.05) is 19.0 Å². The van der Waals surface area contributed by atoms with E-state index in [2.05, 4.69) is 39.4 Å². The second-order valence-corrected chi connectivity index (χ2v) is 6.12. The Labute approximate surface area is 110 Å². The van der Waals surface area contributed by atoms with Crippen LogP contribution in [0.3, 0.4) is 0 Å². The third-order valence-electron chi connectivity index (χ3n) is 3.76. The van der Waals surface area contributed by atoms with E-state index in [1.807, 2.05) is 0 Å². The molecule has 1 aliphatic carbocycles. The van der Waals surface area contributed by atoms with Crippen LogP contribution in [0.25, 0.3) is 0 Å². The Morgan fingerprint density at radius 1 is 1.11 bits per heavy atom. The molecule has 0 spiro atoms. The first-order valence-electron chi connectivity index (χ1n) is 6.55. The molecule has 2 aliphatic rings. The van der Waals surface area contributed by atoms with Crippen LogP contribution in [-0.4, -0.2) is 16.7 Å². The van der Waals surface area contributed by atoms with Crippen molar-refractivity contribution in [2.45, 2.75) is 31.7 Å². The van der Waals surface area contributed by atoms with Crippen molar-refractivity contribution < 1.29 is 0 Å². The number of rotatable bonds is 2. The number of nitrogens with zero attached hydrogens (tertiary/aromatic N) is 3. The van der Waals surface area contributed by atoms with Crippen molar-refractivity contribution in [3.05, 3.63) is 40.4 Å². The van der Waals surface area contributed by atoms with Gasteiger partial charge in [0.15, 0.2) is 0 Å². The summed E-state index contributed by atoms with van der Waals surface area (Å²) in [6.07, 6.45) is 3.73. The quantitative estimate of drug-likeness (QED) is 0.828. The maximum Gasteiger partial charge on any atom is 0.208 e. The van der Waals surface area contributed by atoms with Gasteiger partial charge < -0.3 is 4.90 Å². The summed E-state index contributed by atoms with van der Waals surface area (Å²) < 4.78 is 0. The highest BCUT2D eigenvalue weighted by Gasteiger charge is 2.29. The lowest BCUT2D eigenvalue weighted by Gasteiger charge is -2.27. The van der Waals surface area contributed by atoms with Crippen LogP contribution >= 0.6 is 11.3 Å². The highest BCUT2D eigenvalue weighted by atomic mass is 32.1. The summed E-state index contributed by atoms with van der Waals surface area (Å²) in [5.74, 6) is 0.716. The van der Waals surface area contributed by atoms with Crippen molar-refractivity contribution >= 4 is 16.5 Å². The van der Waals surface area contributed by atoms with E-state index in [9.17, 15) is 0 Å². The molecule has 2 heterocycles. The summed E-state index contributed by atoms with van der Waals surface area (Å²) in [4.78, 5) is 2.37. The molecule has 0 amide bonds. The van der Waals surface area contributed by atoms with Gasteiger partial charge in [-0.2, -0.15) is 0 Å². The van der Waals surface area contributed by atoms with E-state index in [-0.39, 0.29) is 0 Å². The van der Waals surface area contributed by atoms with Crippen molar-refractivity contribution in [2.24, 2.45) is 0 Å². The van der Waals surface area contributed by atoms with Crippen LogP contribution in [0.4, 0.5) is 5.13 Å². The van der Waals surface area contributed by atoms with E-state index in [4.69, 9.17) is 0 Å². The van der Waals surface area contributed by atoms with Gasteiger partial charge in [-0.25, -0.2) is 0 Å². The minimum absolute atomic E-state index is 0.716. The maximum absolute atomic E-state index is 4.37. The van der Waals surface area contributed by atoms with Gasteiger partial charge in [-0.15, -0.1) is 10.2 Å². The number of hydrogen-bond donors (Lipinski definition) is 0. The van der Waals surface area contributed by atoms with E-state index in [0.29, 0.717) is 5.92 Å². The highest BCUT2D eigenvalue weighted by molar-refractivity contribution is 7.15. The minimum atomic E-state index is 0.716. The molecule has 0 unspecified atom stereocenters. The Morgan fingerprint density at radius 2 is 1.94 bits per heavy atom. The van der Waals surface area contributed by atoms with Crippen molar-refractivity contribution in [1.29, 1.82) is 0 Å². The van der Waals surface area contributed by atoms with E-state index in [1.54, 1.807) is 11.3 Å². The molecule has 3 nitrogen and oxygen atoms in total. The van der Waals surface area contributed by atoms with Crippen LogP contribution in [0.15, 0.2) is 24.3 Å². The lowest BCUT2D eigenvalue weighted by atomic mass is 10.0. The molecule has 1 aliphatic heterocycles. The van der Waals surface area contributed by atoms with Gasteiger partial charge in [-0.1, -0.05) is 35.6 Å². The van der Waals surface area contributed by atoms with Crippen molar-refractivity contribution in [1.82, 2.24) is 10.2 Å². The second-order valence-electron chi connectivity index (χ2n) is 5.14. The average molecular weight is 257 g/mol. The molecule has 1 aromatic carbocycles. The molecule has 0 N–H and O–H groups in total. The smallest absolute Gasteiger partial charge is 0.208 e. The Morgan fingerprint density at radius 3 is 2.78 bits per heavy atom. The number of hydrogen-bond acceptors (Lipinski definition) is 4. The van der Waals surface area contributed by atoms with Gasteiger partial charge >= 0.3 is 0 Å². The predicted octanol–water partition coefficient (Wildman–Crippen LogP) is 2.98. The monoisotopic (exact) mass is 257 g/mol. The minimum Gasteiger partial charge on any atom is -0.342 e. The zero-order chi connectivity index (χ0) is 11.9. The van der Waals surface area contributed by atoms with E-state index in [1.165, 1.54) is 29.0 Å². The van der Waals surface area contributed by atoms with Gasteiger partial charge in [-0.3, -0.25) is 0 Å². The van der Waals surface area contributed by atoms with E-state index in [0.717, 1.165) is 24.6 Å². The van der Waals surface area contributed by atoms with E-state index < -0.39 is 0 Å². The first kappa shape index (κ1) is 10.5. The lowest BCUT2D eigenvalue weighted by molar-refractivity contribution is 0.723. The molecule has 2 aromatic rings. The summed E-state index contributed by atoms with van der Waals surface area (Å²) in [6.45, 7) is 2.05. The number of fused-ring (bicyclic) bond motifs is 1. The van der Waals surface area contributed by atoms with Crippen LogP contribution < -0.4 is 4.90 Å². The zero-order valence-electron chi connectivity index (χ0n) is 10.2. The predicted molar refractivity (Wildman–Crippen MR) is 73.1 cm³/mol. The molecule has 92 valence electrons. The number of aromatic nitrogens is 2. The molecule has 0 bridgehead atoms. The molecule has 4 heteroatoms. The molecule has 18 heavy (non-hydrogen) atoms. The molecule has 1 fully saturated rings. The average Bonchev–Trinajstić information content (AvgIpc) is 3.16. The van der Waals surface area contributed by atoms with Crippen molar-refractivity contribution in [2.75, 3.05) is 11.4 Å². The summed E-state index contributed by atoms with van der Waals surface area (Å²) in [7, 11) is 0. The molecule has 1 saturated carbocycles. The molecule has 0 atom stereocenters. The van der Waals surface area contributed by atoms with Gasteiger partial charge in [0.1, 0.15) is 5.01 Å². The summed E-state index contributed by atoms with van der Waals surface area (Å²) in [5.41, 5.74) is 2.92. The lowest BCUT2D eigenvalue weighted by Crippen LogP contribution is -2.30. The van der Waals surface area contributed by atoms with Gasteiger partial charge in [0.05, 0.1) is 0 Å². The molecule has 0 saturated heterocycles. The van der Waals surface area contributed by atoms with Crippen molar-refractivity contribution in [3.63, 3.8) is 0 Å². The third kappa shape index (κ3) is 1.81. The number of benzene rings is 1. The number of anilines is 1. The SMILES string of the molecule is c1ccc2c(c1)CCN(c1nnc(C3CC3)s1)C2. The Bertz CT molecular complexity index is 574. The largest absolute Gasteiger partial charge is 0.342 e. The first-order valence-corrected chi connectivity index (χ1v) is 7.37. The maximum atomic E-state index is 4.37. The molecule has 4 rings (SSSR count). The summed E-state index contributed by atoms with van der Waals surface area (Å²) >= 11 is 1.79. The van der Waals surface area contributed by atoms with E-state index >= 15 is 0 Å². The Hall–Kier alpha value is -1.42. The molecular weight excluding hydrogens is 242 g/mol. The fourth-order valence-electron chi connectivity index (χ4n) is 2.51. The second kappa shape index (κ2) is 4.05. The van der Waals surface area contributed by atoms with Gasteiger partial charge in [0.25, 0.3) is 0 Å². The van der Waals surface area contributed by atoms with Crippen LogP contribution in [0.1, 0.15) is 34.9 Å². The topological polar surface area (TPSA) is 29.0 Å². The fraction of sp³-hybridized carbons (Fsp3) is 0.429. The van der Waals surface area contributed by atoms with Crippen molar-refractivity contribution in [3.8, 4) is 0 Å². The van der Waals surface area contributed by atoms with Crippen LogP contribution in [0.2, 0.25) is 0 Å². The Kier molecular flexibility index (Phi) is 2.36. The first-order chi connectivity index (χ1) is 8.90. The van der Waals surface area contributed by atoms with Crippen LogP contribution in [0, 0.1) is 0 Å². The summed E-state index contributed by atoms with van der Waals surface area (Å²) in [6, 6.07) is 8.72. The normalized spacial score (nSPS) is 18.8. The van der Waals surface area contributed by atoms with Crippen LogP contribution in [-0.2, 0) is 13.0 Å². The summed E-state index contributed by atoms with van der Waals surface area (Å²) in [5, 5.41) is 11.0. The third-order valence-corrected chi connectivity index (χ3v) is 4.90. The molecule has 0 radical (unpaired) electrons. The zero-order valence-corrected chi connectivity index (χ0v) is 11.0. The Balaban J connectivity index is 1.59.